The number of nitrogens with two attached hydrogens (primary N) is 1. The molecule has 1 aliphatic carbocycles. The highest BCUT2D eigenvalue weighted by Crippen LogP contribution is 2.38. The van der Waals surface area contributed by atoms with Crippen molar-refractivity contribution in [1.82, 2.24) is 4.90 Å². The summed E-state index contributed by atoms with van der Waals surface area (Å²) in [7, 11) is 0. The van der Waals surface area contributed by atoms with Crippen LogP contribution in [0.15, 0.2) is 0 Å². The zero-order valence-electron chi connectivity index (χ0n) is 9.41. The molecule has 0 aromatic rings. The normalized spacial score (nSPS) is 27.9. The Labute approximate surface area is 87.8 Å². The van der Waals surface area contributed by atoms with Gasteiger partial charge in [-0.3, -0.25) is 0 Å². The summed E-state index contributed by atoms with van der Waals surface area (Å²) in [6.07, 6.45) is 6.97. The Morgan fingerprint density at radius 2 is 1.86 bits per heavy atom. The molecule has 2 rings (SSSR count). The van der Waals surface area contributed by atoms with Crippen LogP contribution < -0.4 is 5.73 Å². The van der Waals surface area contributed by atoms with Crippen molar-refractivity contribution in [3.63, 3.8) is 0 Å². The van der Waals surface area contributed by atoms with Crippen LogP contribution >= 0.6 is 0 Å². The van der Waals surface area contributed by atoms with E-state index in [1.165, 1.54) is 45.2 Å². The Bertz CT molecular complexity index is 169. The van der Waals surface area contributed by atoms with Gasteiger partial charge in [-0.2, -0.15) is 0 Å². The fraction of sp³-hybridized carbons (Fsp3) is 1.00. The highest BCUT2D eigenvalue weighted by molar-refractivity contribution is 4.89. The summed E-state index contributed by atoms with van der Waals surface area (Å²) in [6, 6.07) is 0.897. The fourth-order valence-electron chi connectivity index (χ4n) is 2.89. The molecule has 0 bridgehead atoms. The molecule has 1 saturated carbocycles. The van der Waals surface area contributed by atoms with Crippen molar-refractivity contribution >= 4 is 0 Å². The molecule has 0 radical (unpaired) electrons. The maximum Gasteiger partial charge on any atom is 0.0121 e. The monoisotopic (exact) mass is 196 g/mol. The highest BCUT2D eigenvalue weighted by Gasteiger charge is 2.35. The molecule has 0 aromatic heterocycles. The van der Waals surface area contributed by atoms with E-state index in [-0.39, 0.29) is 0 Å². The van der Waals surface area contributed by atoms with E-state index in [9.17, 15) is 0 Å². The average molecular weight is 196 g/mol. The second-order valence-electron chi connectivity index (χ2n) is 5.03. The predicted molar refractivity (Wildman–Crippen MR) is 60.2 cm³/mol. The first-order chi connectivity index (χ1) is 6.85. The van der Waals surface area contributed by atoms with Crippen LogP contribution in [0, 0.1) is 11.8 Å². The first-order valence-corrected chi connectivity index (χ1v) is 6.29. The summed E-state index contributed by atoms with van der Waals surface area (Å²) < 4.78 is 0. The van der Waals surface area contributed by atoms with Gasteiger partial charge in [0, 0.05) is 6.04 Å². The van der Waals surface area contributed by atoms with E-state index in [0.717, 1.165) is 24.4 Å². The third-order valence-electron chi connectivity index (χ3n) is 4.04. The van der Waals surface area contributed by atoms with Gasteiger partial charge in [-0.05, 0) is 63.6 Å². The fourth-order valence-corrected chi connectivity index (χ4v) is 2.89. The van der Waals surface area contributed by atoms with Gasteiger partial charge < -0.3 is 10.6 Å². The molecule has 0 spiro atoms. The third kappa shape index (κ3) is 2.29. The molecule has 14 heavy (non-hydrogen) atoms. The van der Waals surface area contributed by atoms with E-state index in [4.69, 9.17) is 5.73 Å². The topological polar surface area (TPSA) is 29.3 Å². The number of hydrogen-bond donors (Lipinski definition) is 1. The molecule has 2 fully saturated rings. The van der Waals surface area contributed by atoms with Crippen LogP contribution in [0.3, 0.4) is 0 Å². The SMILES string of the molecule is CCC(C1CC1)N1CCC(CN)CC1. The van der Waals surface area contributed by atoms with Crippen molar-refractivity contribution in [3.05, 3.63) is 0 Å². The second-order valence-corrected chi connectivity index (χ2v) is 5.03. The lowest BCUT2D eigenvalue weighted by molar-refractivity contribution is 0.118. The molecule has 1 atom stereocenters. The van der Waals surface area contributed by atoms with Gasteiger partial charge in [0.25, 0.3) is 0 Å². The smallest absolute Gasteiger partial charge is 0.0121 e. The number of rotatable bonds is 4. The van der Waals surface area contributed by atoms with E-state index in [2.05, 4.69) is 11.8 Å². The lowest BCUT2D eigenvalue weighted by Crippen LogP contribution is -2.43. The van der Waals surface area contributed by atoms with Crippen molar-refractivity contribution in [1.29, 1.82) is 0 Å². The first kappa shape index (κ1) is 10.4. The molecule has 82 valence electrons. The second kappa shape index (κ2) is 4.63. The number of likely N-dealkylation sites (tertiary alicyclic amines) is 1. The summed E-state index contributed by atoms with van der Waals surface area (Å²) in [4.78, 5) is 2.73. The maximum atomic E-state index is 5.71. The lowest BCUT2D eigenvalue weighted by atomic mass is 9.94. The lowest BCUT2D eigenvalue weighted by Gasteiger charge is -2.37. The molecule has 2 heteroatoms. The minimum absolute atomic E-state index is 0.808. The largest absolute Gasteiger partial charge is 0.330 e. The molecule has 2 nitrogen and oxygen atoms in total. The van der Waals surface area contributed by atoms with Crippen molar-refractivity contribution in [2.45, 2.75) is 45.1 Å². The first-order valence-electron chi connectivity index (χ1n) is 6.29. The zero-order valence-corrected chi connectivity index (χ0v) is 9.41. The Hall–Kier alpha value is -0.0800. The molecule has 2 aliphatic rings. The molecule has 1 aliphatic heterocycles. The van der Waals surface area contributed by atoms with Crippen LogP contribution in [0.2, 0.25) is 0 Å². The van der Waals surface area contributed by atoms with Crippen LogP contribution in [0.25, 0.3) is 0 Å². The molecular formula is C12H24N2. The minimum atomic E-state index is 0.808. The van der Waals surface area contributed by atoms with Crippen molar-refractivity contribution in [2.24, 2.45) is 17.6 Å². The van der Waals surface area contributed by atoms with Crippen molar-refractivity contribution < 1.29 is 0 Å². The Morgan fingerprint density at radius 1 is 1.21 bits per heavy atom. The number of piperidine rings is 1. The van der Waals surface area contributed by atoms with Gasteiger partial charge in [-0.25, -0.2) is 0 Å². The van der Waals surface area contributed by atoms with E-state index in [1.54, 1.807) is 0 Å². The number of hydrogen-bond acceptors (Lipinski definition) is 2. The summed E-state index contributed by atoms with van der Waals surface area (Å²) >= 11 is 0. The molecule has 0 aromatic carbocycles. The van der Waals surface area contributed by atoms with Crippen molar-refractivity contribution in [2.75, 3.05) is 19.6 Å². The Morgan fingerprint density at radius 3 is 2.29 bits per heavy atom. The Kier molecular flexibility index (Phi) is 3.45. The van der Waals surface area contributed by atoms with Crippen LogP contribution in [-0.4, -0.2) is 30.6 Å². The Balaban J connectivity index is 1.80. The third-order valence-corrected chi connectivity index (χ3v) is 4.04. The molecular weight excluding hydrogens is 172 g/mol. The van der Waals surface area contributed by atoms with Gasteiger partial charge in [-0.1, -0.05) is 6.92 Å². The quantitative estimate of drug-likeness (QED) is 0.743. The van der Waals surface area contributed by atoms with Crippen LogP contribution in [0.4, 0.5) is 0 Å². The molecule has 1 saturated heterocycles. The van der Waals surface area contributed by atoms with Gasteiger partial charge in [-0.15, -0.1) is 0 Å². The van der Waals surface area contributed by atoms with E-state index in [1.807, 2.05) is 0 Å². The van der Waals surface area contributed by atoms with E-state index < -0.39 is 0 Å². The summed E-state index contributed by atoms with van der Waals surface area (Å²) in [5.41, 5.74) is 5.71. The summed E-state index contributed by atoms with van der Waals surface area (Å²) in [5, 5.41) is 0. The molecule has 0 amide bonds. The van der Waals surface area contributed by atoms with E-state index in [0.29, 0.717) is 0 Å². The zero-order chi connectivity index (χ0) is 9.97. The molecule has 2 N–H and O–H groups in total. The standard InChI is InChI=1S/C12H24N2/c1-2-12(11-3-4-11)14-7-5-10(9-13)6-8-14/h10-12H,2-9,13H2,1H3. The number of nitrogens with zero attached hydrogens (tertiary/aromatic N) is 1. The van der Waals surface area contributed by atoms with Gasteiger partial charge in [0.05, 0.1) is 0 Å². The van der Waals surface area contributed by atoms with Crippen LogP contribution in [-0.2, 0) is 0 Å². The van der Waals surface area contributed by atoms with Gasteiger partial charge >= 0.3 is 0 Å². The maximum absolute atomic E-state index is 5.71. The minimum Gasteiger partial charge on any atom is -0.330 e. The van der Waals surface area contributed by atoms with Gasteiger partial charge in [0.2, 0.25) is 0 Å². The average Bonchev–Trinajstić information content (AvgIpc) is 3.04. The highest BCUT2D eigenvalue weighted by atomic mass is 15.2. The van der Waals surface area contributed by atoms with Gasteiger partial charge in [0.1, 0.15) is 0 Å². The predicted octanol–water partition coefficient (Wildman–Crippen LogP) is 1.85. The summed E-state index contributed by atoms with van der Waals surface area (Å²) in [6.45, 7) is 5.85. The van der Waals surface area contributed by atoms with E-state index >= 15 is 0 Å². The molecule has 1 unspecified atom stereocenters. The summed E-state index contributed by atoms with van der Waals surface area (Å²) in [5.74, 6) is 1.84. The van der Waals surface area contributed by atoms with Crippen molar-refractivity contribution in [3.8, 4) is 0 Å². The van der Waals surface area contributed by atoms with Crippen LogP contribution in [0.1, 0.15) is 39.0 Å². The van der Waals surface area contributed by atoms with Gasteiger partial charge in [0.15, 0.2) is 0 Å². The molecule has 1 heterocycles. The van der Waals surface area contributed by atoms with Crippen LogP contribution in [0.5, 0.6) is 0 Å².